The molecule has 0 saturated heterocycles. The van der Waals surface area contributed by atoms with E-state index in [1.807, 2.05) is 31.4 Å². The van der Waals surface area contributed by atoms with Gasteiger partial charge in [0.1, 0.15) is 5.75 Å². The van der Waals surface area contributed by atoms with Crippen molar-refractivity contribution in [3.8, 4) is 34.3 Å². The van der Waals surface area contributed by atoms with E-state index in [1.54, 1.807) is 44.4 Å². The molecule has 0 atom stereocenters. The minimum atomic E-state index is 0.0971. The van der Waals surface area contributed by atoms with E-state index in [2.05, 4.69) is 31.9 Å². The molecule has 3 rings (SSSR count). The average Bonchev–Trinajstić information content (AvgIpc) is 3.16. The average molecular weight is 585 g/mol. The predicted molar refractivity (Wildman–Crippen MR) is 135 cm³/mol. The smallest absolute Gasteiger partial charge is 0.206 e. The first-order valence-electron chi connectivity index (χ1n) is 9.56. The minimum absolute atomic E-state index is 0.0971. The molecule has 0 saturated carbocycles. The Bertz CT molecular complexity index is 1170. The lowest BCUT2D eigenvalue weighted by atomic mass is 10.1. The molecule has 0 fully saturated rings. The van der Waals surface area contributed by atoms with E-state index in [4.69, 9.17) is 24.3 Å². The van der Waals surface area contributed by atoms with Crippen molar-refractivity contribution in [3.05, 3.63) is 49.0 Å². The van der Waals surface area contributed by atoms with E-state index in [9.17, 15) is 5.11 Å². The number of ether oxygens (including phenoxy) is 3. The normalized spacial score (nSPS) is 12.1. The van der Waals surface area contributed by atoms with Crippen LogP contribution in [0.3, 0.4) is 0 Å². The first-order valence-corrected chi connectivity index (χ1v) is 12.0. The molecule has 0 unspecified atom stereocenters. The van der Waals surface area contributed by atoms with Crippen molar-refractivity contribution < 1.29 is 19.3 Å². The van der Waals surface area contributed by atoms with Crippen molar-refractivity contribution >= 4 is 49.4 Å². The summed E-state index contributed by atoms with van der Waals surface area (Å²) in [6.07, 6.45) is 1.71. The van der Waals surface area contributed by atoms with Crippen LogP contribution in [0.15, 0.2) is 48.7 Å². The van der Waals surface area contributed by atoms with Gasteiger partial charge in [0.15, 0.2) is 11.5 Å². The number of phenols is 1. The Labute approximate surface area is 207 Å². The maximum Gasteiger partial charge on any atom is 0.206 e. The lowest BCUT2D eigenvalue weighted by molar-refractivity contribution is 0.324. The van der Waals surface area contributed by atoms with E-state index < -0.39 is 0 Å². The van der Waals surface area contributed by atoms with Gasteiger partial charge in [0, 0.05) is 17.0 Å². The summed E-state index contributed by atoms with van der Waals surface area (Å²) in [6, 6.07) is 7.42. The number of methoxy groups -OCH3 is 3. The first-order chi connectivity index (χ1) is 15.3. The summed E-state index contributed by atoms with van der Waals surface area (Å²) in [7, 11) is 4.74. The lowest BCUT2D eigenvalue weighted by Crippen LogP contribution is -2.14. The van der Waals surface area contributed by atoms with Gasteiger partial charge >= 0.3 is 0 Å². The van der Waals surface area contributed by atoms with Gasteiger partial charge in [-0.15, -0.1) is 11.3 Å². The largest absolute Gasteiger partial charge is 0.506 e. The van der Waals surface area contributed by atoms with Crippen LogP contribution in [-0.2, 0) is 0 Å². The quantitative estimate of drug-likeness (QED) is 0.363. The molecule has 0 radical (unpaired) electrons. The Morgan fingerprint density at radius 1 is 1.00 bits per heavy atom. The van der Waals surface area contributed by atoms with Crippen molar-refractivity contribution in [2.24, 2.45) is 10.1 Å². The maximum absolute atomic E-state index is 9.97. The van der Waals surface area contributed by atoms with Crippen LogP contribution in [0.5, 0.6) is 23.0 Å². The summed E-state index contributed by atoms with van der Waals surface area (Å²) < 4.78 is 19.4. The van der Waals surface area contributed by atoms with E-state index >= 15 is 0 Å². The van der Waals surface area contributed by atoms with Gasteiger partial charge in [-0.1, -0.05) is 0 Å². The molecular weight excluding hydrogens is 562 g/mol. The van der Waals surface area contributed by atoms with E-state index in [0.29, 0.717) is 26.2 Å². The molecule has 1 N–H and O–H groups in total. The van der Waals surface area contributed by atoms with Crippen molar-refractivity contribution in [3.63, 3.8) is 0 Å². The van der Waals surface area contributed by atoms with Gasteiger partial charge in [0.05, 0.1) is 42.2 Å². The Kier molecular flexibility index (Phi) is 8.02. The highest BCUT2D eigenvalue weighted by molar-refractivity contribution is 9.11. The summed E-state index contributed by atoms with van der Waals surface area (Å²) in [4.78, 5) is 5.46. The molecule has 1 heterocycles. The standard InChI is InChI=1S/C22H23Br2N3O4S/c1-12(2)26-22-27(25-10-13-6-15(23)20(28)16(24)7-13)17(11-32-22)14-8-18(29-3)21(31-5)19(9-14)30-4/h6-12,28H,1-5H3. The molecule has 0 aliphatic rings. The molecule has 0 aliphatic carbocycles. The topological polar surface area (TPSA) is 77.6 Å². The van der Waals surface area contributed by atoms with Crippen LogP contribution in [0, 0.1) is 0 Å². The van der Waals surface area contributed by atoms with Crippen molar-refractivity contribution in [2.75, 3.05) is 21.3 Å². The van der Waals surface area contributed by atoms with Crippen molar-refractivity contribution in [2.45, 2.75) is 19.9 Å². The van der Waals surface area contributed by atoms with Crippen LogP contribution in [-0.4, -0.2) is 43.4 Å². The number of phenolic OH excluding ortho intramolecular Hbond substituents is 1. The highest BCUT2D eigenvalue weighted by Crippen LogP contribution is 2.41. The van der Waals surface area contributed by atoms with Crippen LogP contribution in [0.4, 0.5) is 0 Å². The van der Waals surface area contributed by atoms with Crippen LogP contribution >= 0.6 is 43.2 Å². The van der Waals surface area contributed by atoms with Crippen molar-refractivity contribution in [1.82, 2.24) is 4.68 Å². The zero-order valence-corrected chi connectivity index (χ0v) is 22.2. The number of benzene rings is 2. The molecule has 7 nitrogen and oxygen atoms in total. The second kappa shape index (κ2) is 10.5. The fourth-order valence-electron chi connectivity index (χ4n) is 2.93. The van der Waals surface area contributed by atoms with Gasteiger partial charge in [-0.25, -0.2) is 4.68 Å². The van der Waals surface area contributed by atoms with E-state index in [1.165, 1.54) is 11.3 Å². The van der Waals surface area contributed by atoms with Gasteiger partial charge in [-0.05, 0) is 75.5 Å². The summed E-state index contributed by atoms with van der Waals surface area (Å²) in [6.45, 7) is 4.03. The lowest BCUT2D eigenvalue weighted by Gasteiger charge is -2.14. The van der Waals surface area contributed by atoms with Gasteiger partial charge in [-0.2, -0.15) is 5.10 Å². The Morgan fingerprint density at radius 3 is 2.09 bits per heavy atom. The summed E-state index contributed by atoms with van der Waals surface area (Å²) in [5.41, 5.74) is 2.46. The van der Waals surface area contributed by atoms with Crippen molar-refractivity contribution in [1.29, 1.82) is 0 Å². The van der Waals surface area contributed by atoms with Crippen LogP contribution in [0.25, 0.3) is 11.3 Å². The second-order valence-corrected chi connectivity index (χ2v) is 9.48. The van der Waals surface area contributed by atoms with Gasteiger partial charge in [0.25, 0.3) is 0 Å². The number of hydrogen-bond donors (Lipinski definition) is 1. The zero-order valence-electron chi connectivity index (χ0n) is 18.2. The summed E-state index contributed by atoms with van der Waals surface area (Å²) in [5, 5.41) is 16.7. The highest BCUT2D eigenvalue weighted by atomic mass is 79.9. The van der Waals surface area contributed by atoms with Gasteiger partial charge in [-0.3, -0.25) is 4.99 Å². The molecule has 0 spiro atoms. The SMILES string of the molecule is COc1cc(-c2csc(=NC(C)C)n2N=Cc2cc(Br)c(O)c(Br)c2)cc(OC)c1OC. The molecule has 1 aromatic heterocycles. The molecule has 170 valence electrons. The third kappa shape index (κ3) is 5.19. The third-order valence-corrected chi connectivity index (χ3v) is 6.42. The highest BCUT2D eigenvalue weighted by Gasteiger charge is 2.17. The molecule has 0 amide bonds. The molecule has 0 aliphatic heterocycles. The number of aromatic hydroxyl groups is 1. The van der Waals surface area contributed by atoms with E-state index in [-0.39, 0.29) is 11.8 Å². The molecule has 2 aromatic carbocycles. The number of nitrogens with zero attached hydrogens (tertiary/aromatic N) is 3. The Hall–Kier alpha value is -2.30. The number of aromatic nitrogens is 1. The Balaban J connectivity index is 2.19. The first kappa shape index (κ1) is 24.3. The molecule has 3 aromatic rings. The number of thiazole rings is 1. The molecule has 32 heavy (non-hydrogen) atoms. The molecule has 10 heteroatoms. The van der Waals surface area contributed by atoms with Gasteiger partial charge < -0.3 is 19.3 Å². The van der Waals surface area contributed by atoms with Crippen LogP contribution < -0.4 is 19.0 Å². The van der Waals surface area contributed by atoms with Gasteiger partial charge in [0.2, 0.25) is 10.6 Å². The second-order valence-electron chi connectivity index (χ2n) is 6.93. The molecular formula is C22H23Br2N3O4S. The summed E-state index contributed by atoms with van der Waals surface area (Å²) >= 11 is 8.20. The number of hydrogen-bond acceptors (Lipinski definition) is 7. The monoisotopic (exact) mass is 583 g/mol. The minimum Gasteiger partial charge on any atom is -0.506 e. The molecule has 0 bridgehead atoms. The number of halogens is 2. The van der Waals surface area contributed by atoms with Crippen LogP contribution in [0.1, 0.15) is 19.4 Å². The zero-order chi connectivity index (χ0) is 23.4. The third-order valence-electron chi connectivity index (χ3n) is 4.38. The van der Waals surface area contributed by atoms with Crippen LogP contribution in [0.2, 0.25) is 0 Å². The Morgan fingerprint density at radius 2 is 1.59 bits per heavy atom. The predicted octanol–water partition coefficient (Wildman–Crippen LogP) is 5.66. The summed E-state index contributed by atoms with van der Waals surface area (Å²) in [5.74, 6) is 1.77. The fourth-order valence-corrected chi connectivity index (χ4v) is 5.12. The fraction of sp³-hybridized carbons (Fsp3) is 0.273. The van der Waals surface area contributed by atoms with E-state index in [0.717, 1.165) is 21.6 Å². The maximum atomic E-state index is 9.97. The number of rotatable bonds is 7.